The average Bonchev–Trinajstić information content (AvgIpc) is 2.90. The standard InChI is InChI=1S/C15H11FN2O3/c1-21-14-7-2-4-9(15(14)16)12-8-10-11(17-12)5-3-6-13(10)18(19)20/h2-8,17H,1H3. The van der Waals surface area contributed by atoms with Gasteiger partial charge in [0.05, 0.1) is 22.9 Å². The van der Waals surface area contributed by atoms with Crippen molar-refractivity contribution >= 4 is 16.6 Å². The molecule has 6 heteroatoms. The van der Waals surface area contributed by atoms with Crippen LogP contribution >= 0.6 is 0 Å². The normalized spacial score (nSPS) is 10.8. The number of benzene rings is 2. The van der Waals surface area contributed by atoms with Crippen LogP contribution in [0, 0.1) is 15.9 Å². The maximum Gasteiger partial charge on any atom is 0.278 e. The summed E-state index contributed by atoms with van der Waals surface area (Å²) in [4.78, 5) is 13.6. The van der Waals surface area contributed by atoms with Gasteiger partial charge < -0.3 is 9.72 Å². The van der Waals surface area contributed by atoms with E-state index in [0.717, 1.165) is 0 Å². The monoisotopic (exact) mass is 286 g/mol. The first kappa shape index (κ1) is 13.1. The largest absolute Gasteiger partial charge is 0.494 e. The number of fused-ring (bicyclic) bond motifs is 1. The fourth-order valence-electron chi connectivity index (χ4n) is 2.32. The van der Waals surface area contributed by atoms with Crippen molar-refractivity contribution in [3.05, 3.63) is 58.4 Å². The lowest BCUT2D eigenvalue weighted by Crippen LogP contribution is -1.91. The lowest BCUT2D eigenvalue weighted by Gasteiger charge is -2.05. The molecule has 3 rings (SSSR count). The molecule has 3 aromatic rings. The van der Waals surface area contributed by atoms with Crippen LogP contribution in [0.1, 0.15) is 0 Å². The number of nitrogens with one attached hydrogen (secondary N) is 1. The topological polar surface area (TPSA) is 68.2 Å². The minimum Gasteiger partial charge on any atom is -0.494 e. The molecule has 0 bridgehead atoms. The van der Waals surface area contributed by atoms with Crippen LogP contribution in [0.3, 0.4) is 0 Å². The number of non-ortho nitro benzene ring substituents is 1. The zero-order valence-electron chi connectivity index (χ0n) is 11.1. The molecule has 0 amide bonds. The third kappa shape index (κ3) is 2.10. The summed E-state index contributed by atoms with van der Waals surface area (Å²) in [6.07, 6.45) is 0. The van der Waals surface area contributed by atoms with Crippen LogP contribution in [0.4, 0.5) is 10.1 Å². The van der Waals surface area contributed by atoms with E-state index in [-0.39, 0.29) is 11.4 Å². The number of nitro groups is 1. The van der Waals surface area contributed by atoms with Crippen LogP contribution in [0.25, 0.3) is 22.2 Å². The van der Waals surface area contributed by atoms with Crippen molar-refractivity contribution in [2.75, 3.05) is 7.11 Å². The fraction of sp³-hybridized carbons (Fsp3) is 0.0667. The molecule has 0 saturated heterocycles. The fourth-order valence-corrected chi connectivity index (χ4v) is 2.32. The minimum absolute atomic E-state index is 0.0155. The van der Waals surface area contributed by atoms with Gasteiger partial charge in [-0.05, 0) is 24.3 Å². The van der Waals surface area contributed by atoms with Gasteiger partial charge in [0.25, 0.3) is 5.69 Å². The molecule has 5 nitrogen and oxygen atoms in total. The van der Waals surface area contributed by atoms with E-state index in [4.69, 9.17) is 4.74 Å². The van der Waals surface area contributed by atoms with Crippen molar-refractivity contribution in [3.8, 4) is 17.0 Å². The van der Waals surface area contributed by atoms with Gasteiger partial charge in [0.1, 0.15) is 0 Å². The van der Waals surface area contributed by atoms with Crippen molar-refractivity contribution in [3.63, 3.8) is 0 Å². The lowest BCUT2D eigenvalue weighted by atomic mass is 10.1. The Hall–Kier alpha value is -2.89. The van der Waals surface area contributed by atoms with Crippen LogP contribution in [0.15, 0.2) is 42.5 Å². The number of methoxy groups -OCH3 is 1. The molecule has 0 aliphatic carbocycles. The van der Waals surface area contributed by atoms with Crippen molar-refractivity contribution in [2.45, 2.75) is 0 Å². The molecule has 1 N–H and O–H groups in total. The number of rotatable bonds is 3. The Morgan fingerprint density at radius 3 is 2.71 bits per heavy atom. The Morgan fingerprint density at radius 1 is 1.24 bits per heavy atom. The van der Waals surface area contributed by atoms with E-state index >= 15 is 0 Å². The third-order valence-electron chi connectivity index (χ3n) is 3.31. The number of aromatic amines is 1. The highest BCUT2D eigenvalue weighted by molar-refractivity contribution is 5.93. The molecular formula is C15H11FN2O3. The highest BCUT2D eigenvalue weighted by atomic mass is 19.1. The SMILES string of the molecule is COc1cccc(-c2cc3c([N+](=O)[O-])cccc3[nH]2)c1F. The summed E-state index contributed by atoms with van der Waals surface area (Å²) in [6, 6.07) is 11.1. The number of nitro benzene ring substituents is 1. The predicted molar refractivity (Wildman–Crippen MR) is 76.9 cm³/mol. The summed E-state index contributed by atoms with van der Waals surface area (Å²) in [6.45, 7) is 0. The zero-order valence-corrected chi connectivity index (χ0v) is 11.1. The summed E-state index contributed by atoms with van der Waals surface area (Å²) < 4.78 is 19.2. The van der Waals surface area contributed by atoms with Crippen LogP contribution in [0.2, 0.25) is 0 Å². The van der Waals surface area contributed by atoms with Crippen LogP contribution in [-0.4, -0.2) is 17.0 Å². The van der Waals surface area contributed by atoms with E-state index in [1.54, 1.807) is 30.3 Å². The quantitative estimate of drug-likeness (QED) is 0.586. The van der Waals surface area contributed by atoms with Gasteiger partial charge in [-0.1, -0.05) is 12.1 Å². The maximum atomic E-state index is 14.3. The van der Waals surface area contributed by atoms with Gasteiger partial charge in [-0.25, -0.2) is 4.39 Å². The first-order valence-corrected chi connectivity index (χ1v) is 6.21. The van der Waals surface area contributed by atoms with E-state index in [2.05, 4.69) is 4.98 Å². The molecule has 0 unspecified atom stereocenters. The van der Waals surface area contributed by atoms with E-state index in [9.17, 15) is 14.5 Å². The summed E-state index contributed by atoms with van der Waals surface area (Å²) in [7, 11) is 1.39. The Bertz CT molecular complexity index is 842. The molecule has 0 atom stereocenters. The van der Waals surface area contributed by atoms with Gasteiger partial charge in [-0.15, -0.1) is 0 Å². The summed E-state index contributed by atoms with van der Waals surface area (Å²) in [5.41, 5.74) is 1.34. The van der Waals surface area contributed by atoms with Crippen LogP contribution < -0.4 is 4.74 Å². The van der Waals surface area contributed by atoms with Crippen molar-refractivity contribution in [1.82, 2.24) is 4.98 Å². The molecule has 0 aliphatic heterocycles. The zero-order chi connectivity index (χ0) is 15.0. The van der Waals surface area contributed by atoms with Crippen molar-refractivity contribution in [2.24, 2.45) is 0 Å². The minimum atomic E-state index is -0.505. The molecule has 1 heterocycles. The summed E-state index contributed by atoms with van der Waals surface area (Å²) in [5.74, 6) is -0.380. The number of H-pyrrole nitrogens is 1. The number of hydrogen-bond acceptors (Lipinski definition) is 3. The molecule has 2 aromatic carbocycles. The first-order chi connectivity index (χ1) is 10.1. The lowest BCUT2D eigenvalue weighted by molar-refractivity contribution is -0.383. The Kier molecular flexibility index (Phi) is 3.06. The number of halogens is 1. The second-order valence-electron chi connectivity index (χ2n) is 4.50. The average molecular weight is 286 g/mol. The van der Waals surface area contributed by atoms with Gasteiger partial charge in [-0.3, -0.25) is 10.1 Å². The number of nitrogens with zero attached hydrogens (tertiary/aromatic N) is 1. The van der Waals surface area contributed by atoms with Gasteiger partial charge in [-0.2, -0.15) is 0 Å². The molecular weight excluding hydrogens is 275 g/mol. The number of hydrogen-bond donors (Lipinski definition) is 1. The molecule has 106 valence electrons. The van der Waals surface area contributed by atoms with Gasteiger partial charge >= 0.3 is 0 Å². The second kappa shape index (κ2) is 4.90. The van der Waals surface area contributed by atoms with Crippen LogP contribution in [-0.2, 0) is 0 Å². The molecule has 0 spiro atoms. The van der Waals surface area contributed by atoms with Crippen molar-refractivity contribution < 1.29 is 14.1 Å². The van der Waals surface area contributed by atoms with E-state index < -0.39 is 10.7 Å². The molecule has 0 fully saturated rings. The highest BCUT2D eigenvalue weighted by Crippen LogP contribution is 2.33. The molecule has 0 radical (unpaired) electrons. The number of ether oxygens (including phenoxy) is 1. The first-order valence-electron chi connectivity index (χ1n) is 6.21. The molecule has 0 saturated carbocycles. The Balaban J connectivity index is 2.23. The molecule has 21 heavy (non-hydrogen) atoms. The van der Waals surface area contributed by atoms with E-state index in [1.165, 1.54) is 19.2 Å². The summed E-state index contributed by atoms with van der Waals surface area (Å²) >= 11 is 0. The van der Waals surface area contributed by atoms with Gasteiger partial charge in [0, 0.05) is 17.3 Å². The van der Waals surface area contributed by atoms with Crippen molar-refractivity contribution in [1.29, 1.82) is 0 Å². The Morgan fingerprint density at radius 2 is 2.00 bits per heavy atom. The smallest absolute Gasteiger partial charge is 0.278 e. The second-order valence-corrected chi connectivity index (χ2v) is 4.50. The van der Waals surface area contributed by atoms with E-state index in [1.807, 2.05) is 0 Å². The van der Waals surface area contributed by atoms with Crippen LogP contribution in [0.5, 0.6) is 5.75 Å². The molecule has 1 aromatic heterocycles. The molecule has 0 aliphatic rings. The third-order valence-corrected chi connectivity index (χ3v) is 3.31. The predicted octanol–water partition coefficient (Wildman–Crippen LogP) is 3.89. The highest BCUT2D eigenvalue weighted by Gasteiger charge is 2.17. The number of aromatic nitrogens is 1. The van der Waals surface area contributed by atoms with Gasteiger partial charge in [0.2, 0.25) is 0 Å². The summed E-state index contributed by atoms with van der Waals surface area (Å²) in [5, 5.41) is 11.5. The van der Waals surface area contributed by atoms with Gasteiger partial charge in [0.15, 0.2) is 11.6 Å². The van der Waals surface area contributed by atoms with E-state index in [0.29, 0.717) is 22.2 Å². The Labute approximate surface area is 119 Å². The maximum absolute atomic E-state index is 14.3.